The molecule has 0 bridgehead atoms. The first-order chi connectivity index (χ1) is 9.61. The van der Waals surface area contributed by atoms with Crippen molar-refractivity contribution in [1.82, 2.24) is 10.2 Å². The largest absolute Gasteiger partial charge is 0.481 e. The van der Waals surface area contributed by atoms with Gasteiger partial charge in [-0.1, -0.05) is 6.42 Å². The predicted molar refractivity (Wildman–Crippen MR) is 80.1 cm³/mol. The van der Waals surface area contributed by atoms with Crippen molar-refractivity contribution >= 4 is 23.8 Å². The van der Waals surface area contributed by atoms with E-state index in [1.54, 1.807) is 4.90 Å². The van der Waals surface area contributed by atoms with E-state index in [0.29, 0.717) is 11.8 Å². The highest BCUT2D eigenvalue weighted by Gasteiger charge is 2.33. The van der Waals surface area contributed by atoms with Crippen LogP contribution in [0.25, 0.3) is 0 Å². The van der Waals surface area contributed by atoms with Crippen molar-refractivity contribution in [2.24, 2.45) is 0 Å². The minimum absolute atomic E-state index is 0.0596. The highest BCUT2D eigenvalue weighted by Crippen LogP contribution is 2.29. The lowest BCUT2D eigenvalue weighted by Crippen LogP contribution is -2.52. The Morgan fingerprint density at radius 1 is 1.25 bits per heavy atom. The average molecular weight is 300 g/mol. The van der Waals surface area contributed by atoms with E-state index in [-0.39, 0.29) is 24.5 Å². The molecule has 1 aliphatic heterocycles. The number of urea groups is 1. The molecule has 2 rings (SSSR count). The van der Waals surface area contributed by atoms with Gasteiger partial charge in [-0.05, 0) is 38.4 Å². The lowest BCUT2D eigenvalue weighted by atomic mass is 10.00. The summed E-state index contributed by atoms with van der Waals surface area (Å²) in [5.41, 5.74) is 0. The zero-order valence-corrected chi connectivity index (χ0v) is 12.8. The molecule has 6 heteroatoms. The number of carbonyl (C=O) groups excluding carboxylic acids is 1. The summed E-state index contributed by atoms with van der Waals surface area (Å²) in [6.07, 6.45) is 8.29. The summed E-state index contributed by atoms with van der Waals surface area (Å²) in [7, 11) is 0. The Hall–Kier alpha value is -0.910. The molecule has 20 heavy (non-hydrogen) atoms. The van der Waals surface area contributed by atoms with E-state index >= 15 is 0 Å². The fourth-order valence-electron chi connectivity index (χ4n) is 3.30. The molecule has 1 saturated carbocycles. The zero-order valence-electron chi connectivity index (χ0n) is 12.0. The summed E-state index contributed by atoms with van der Waals surface area (Å²) in [4.78, 5) is 25.1. The molecule has 0 radical (unpaired) electrons. The van der Waals surface area contributed by atoms with Gasteiger partial charge in [0.25, 0.3) is 0 Å². The Morgan fingerprint density at radius 2 is 2.05 bits per heavy atom. The van der Waals surface area contributed by atoms with Crippen LogP contribution in [0, 0.1) is 0 Å². The second kappa shape index (κ2) is 7.20. The van der Waals surface area contributed by atoms with E-state index in [4.69, 9.17) is 5.11 Å². The number of thioether (sulfide) groups is 1. The minimum Gasteiger partial charge on any atom is -0.481 e. The molecular weight excluding hydrogens is 276 g/mol. The molecule has 5 nitrogen and oxygen atoms in total. The van der Waals surface area contributed by atoms with Crippen molar-refractivity contribution < 1.29 is 14.7 Å². The normalized spacial score (nSPS) is 30.2. The number of nitrogens with one attached hydrogen (secondary N) is 1. The average Bonchev–Trinajstić information content (AvgIpc) is 2.85. The minimum atomic E-state index is -0.822. The molecule has 0 aromatic rings. The number of nitrogens with zero attached hydrogens (tertiary/aromatic N) is 1. The van der Waals surface area contributed by atoms with Crippen LogP contribution >= 0.6 is 11.8 Å². The van der Waals surface area contributed by atoms with Crippen molar-refractivity contribution in [3.8, 4) is 0 Å². The second-order valence-corrected chi connectivity index (χ2v) is 6.78. The fourth-order valence-corrected chi connectivity index (χ4v) is 4.23. The molecule has 0 aromatic heterocycles. The molecule has 0 spiro atoms. The monoisotopic (exact) mass is 300 g/mol. The number of carboxylic acid groups (broad SMARTS) is 1. The van der Waals surface area contributed by atoms with Crippen LogP contribution in [-0.4, -0.2) is 52.1 Å². The number of aliphatic carboxylic acids is 1. The van der Waals surface area contributed by atoms with Gasteiger partial charge < -0.3 is 15.3 Å². The SMILES string of the molecule is CSC1CCCC1NC(=O)N1CCCCC1CC(=O)O. The zero-order chi connectivity index (χ0) is 14.5. The summed E-state index contributed by atoms with van der Waals surface area (Å²) in [6, 6.07) is 0.0298. The van der Waals surface area contributed by atoms with Crippen LogP contribution in [-0.2, 0) is 4.79 Å². The molecule has 114 valence electrons. The van der Waals surface area contributed by atoms with Crippen LogP contribution in [0.5, 0.6) is 0 Å². The van der Waals surface area contributed by atoms with Crippen LogP contribution in [0.3, 0.4) is 0 Å². The number of piperidine rings is 1. The lowest BCUT2D eigenvalue weighted by molar-refractivity contribution is -0.138. The van der Waals surface area contributed by atoms with Crippen molar-refractivity contribution in [1.29, 1.82) is 0 Å². The van der Waals surface area contributed by atoms with Crippen LogP contribution in [0.1, 0.15) is 44.9 Å². The molecule has 2 fully saturated rings. The van der Waals surface area contributed by atoms with E-state index in [1.807, 2.05) is 11.8 Å². The number of hydrogen-bond donors (Lipinski definition) is 2. The highest BCUT2D eigenvalue weighted by molar-refractivity contribution is 7.99. The van der Waals surface area contributed by atoms with Gasteiger partial charge >= 0.3 is 12.0 Å². The maximum Gasteiger partial charge on any atom is 0.317 e. The van der Waals surface area contributed by atoms with Gasteiger partial charge in [0.05, 0.1) is 6.42 Å². The third kappa shape index (κ3) is 3.81. The predicted octanol–water partition coefficient (Wildman–Crippen LogP) is 2.31. The number of amides is 2. The maximum atomic E-state index is 12.4. The van der Waals surface area contributed by atoms with Gasteiger partial charge in [-0.2, -0.15) is 11.8 Å². The Labute approximate surface area is 124 Å². The second-order valence-electron chi connectivity index (χ2n) is 5.70. The number of hydrogen-bond acceptors (Lipinski definition) is 3. The third-order valence-electron chi connectivity index (χ3n) is 4.36. The van der Waals surface area contributed by atoms with Gasteiger partial charge in [-0.15, -0.1) is 0 Å². The Morgan fingerprint density at radius 3 is 2.75 bits per heavy atom. The highest BCUT2D eigenvalue weighted by atomic mass is 32.2. The molecule has 2 amide bonds. The maximum absolute atomic E-state index is 12.4. The number of likely N-dealkylation sites (tertiary alicyclic amines) is 1. The molecule has 1 heterocycles. The first kappa shape index (κ1) is 15.5. The Bertz CT molecular complexity index is 364. The van der Waals surface area contributed by atoms with Crippen molar-refractivity contribution in [2.75, 3.05) is 12.8 Å². The number of carboxylic acids is 1. The molecule has 1 saturated heterocycles. The summed E-state index contributed by atoms with van der Waals surface area (Å²) in [5, 5.41) is 12.6. The quantitative estimate of drug-likeness (QED) is 0.836. The van der Waals surface area contributed by atoms with E-state index in [9.17, 15) is 9.59 Å². The standard InChI is InChI=1S/C14H24N2O3S/c1-20-12-7-4-6-11(12)15-14(19)16-8-3-2-5-10(16)9-13(17)18/h10-12H,2-9H2,1H3,(H,15,19)(H,17,18). The van der Waals surface area contributed by atoms with Gasteiger partial charge in [0.1, 0.15) is 0 Å². The van der Waals surface area contributed by atoms with Crippen molar-refractivity contribution in [3.05, 3.63) is 0 Å². The van der Waals surface area contributed by atoms with Gasteiger partial charge in [-0.3, -0.25) is 4.79 Å². The molecule has 3 unspecified atom stereocenters. The molecular formula is C14H24N2O3S. The third-order valence-corrected chi connectivity index (χ3v) is 5.53. The Kier molecular flexibility index (Phi) is 5.57. The van der Waals surface area contributed by atoms with Crippen LogP contribution in [0.15, 0.2) is 0 Å². The smallest absolute Gasteiger partial charge is 0.317 e. The molecule has 0 aromatic carbocycles. The van der Waals surface area contributed by atoms with Crippen molar-refractivity contribution in [3.63, 3.8) is 0 Å². The first-order valence-electron chi connectivity index (χ1n) is 7.43. The summed E-state index contributed by atoms with van der Waals surface area (Å²) in [6.45, 7) is 0.681. The molecule has 1 aliphatic carbocycles. The summed E-state index contributed by atoms with van der Waals surface area (Å²) in [5.74, 6) is -0.822. The topological polar surface area (TPSA) is 69.6 Å². The van der Waals surface area contributed by atoms with Gasteiger partial charge in [0.15, 0.2) is 0 Å². The van der Waals surface area contributed by atoms with Gasteiger partial charge in [-0.25, -0.2) is 4.79 Å². The van der Waals surface area contributed by atoms with E-state index in [2.05, 4.69) is 11.6 Å². The van der Waals surface area contributed by atoms with E-state index in [1.165, 1.54) is 0 Å². The fraction of sp³-hybridized carbons (Fsp3) is 0.857. The lowest BCUT2D eigenvalue weighted by Gasteiger charge is -2.36. The molecule has 3 atom stereocenters. The van der Waals surface area contributed by atoms with Crippen LogP contribution < -0.4 is 5.32 Å². The van der Waals surface area contributed by atoms with Gasteiger partial charge in [0, 0.05) is 23.9 Å². The first-order valence-corrected chi connectivity index (χ1v) is 8.72. The number of rotatable bonds is 4. The molecule has 2 aliphatic rings. The van der Waals surface area contributed by atoms with E-state index in [0.717, 1.165) is 38.5 Å². The van der Waals surface area contributed by atoms with Crippen LogP contribution in [0.4, 0.5) is 4.79 Å². The van der Waals surface area contributed by atoms with Crippen LogP contribution in [0.2, 0.25) is 0 Å². The van der Waals surface area contributed by atoms with E-state index < -0.39 is 5.97 Å². The summed E-state index contributed by atoms with van der Waals surface area (Å²) < 4.78 is 0. The van der Waals surface area contributed by atoms with Crippen molar-refractivity contribution in [2.45, 2.75) is 62.3 Å². The Balaban J connectivity index is 1.93. The number of carbonyl (C=O) groups is 2. The summed E-state index contributed by atoms with van der Waals surface area (Å²) >= 11 is 1.81. The van der Waals surface area contributed by atoms with Gasteiger partial charge in [0.2, 0.25) is 0 Å². The molecule has 2 N–H and O–H groups in total.